The largest absolute Gasteiger partial charge is 0.478 e. The van der Waals surface area contributed by atoms with Gasteiger partial charge in [0.2, 0.25) is 0 Å². The summed E-state index contributed by atoms with van der Waals surface area (Å²) in [5, 5.41) is 12.4. The number of aromatic carboxylic acids is 1. The summed E-state index contributed by atoms with van der Waals surface area (Å²) in [5.41, 5.74) is 2.31. The summed E-state index contributed by atoms with van der Waals surface area (Å²) >= 11 is 0. The molecule has 1 aromatic carbocycles. The zero-order chi connectivity index (χ0) is 13.9. The normalized spacial score (nSPS) is 13.2. The molecule has 0 heterocycles. The first kappa shape index (κ1) is 14.6. The Morgan fingerprint density at radius 1 is 1.39 bits per heavy atom. The van der Waals surface area contributed by atoms with Crippen LogP contribution in [0.2, 0.25) is 0 Å². The minimum absolute atomic E-state index is 0.209. The van der Waals surface area contributed by atoms with E-state index in [0.29, 0.717) is 17.2 Å². The van der Waals surface area contributed by atoms with Gasteiger partial charge in [-0.2, -0.15) is 0 Å². The lowest BCUT2D eigenvalue weighted by atomic mass is 9.82. The van der Waals surface area contributed by atoms with Crippen LogP contribution in [-0.4, -0.2) is 17.6 Å². The quantitative estimate of drug-likeness (QED) is 0.853. The maximum Gasteiger partial charge on any atom is 0.337 e. The van der Waals surface area contributed by atoms with Crippen LogP contribution in [0.25, 0.3) is 0 Å². The molecule has 0 aliphatic carbocycles. The molecular formula is C15H23NO2. The number of aryl methyl sites for hydroxylation is 1. The second-order valence-electron chi connectivity index (χ2n) is 6.00. The van der Waals surface area contributed by atoms with E-state index in [4.69, 9.17) is 5.11 Å². The molecule has 1 aromatic rings. The van der Waals surface area contributed by atoms with Crippen molar-refractivity contribution in [2.24, 2.45) is 11.3 Å². The number of hydrogen-bond acceptors (Lipinski definition) is 2. The maximum absolute atomic E-state index is 11.1. The molecule has 0 aliphatic rings. The molecule has 0 radical (unpaired) electrons. The topological polar surface area (TPSA) is 49.3 Å². The first-order valence-electron chi connectivity index (χ1n) is 6.29. The summed E-state index contributed by atoms with van der Waals surface area (Å²) in [6, 6.07) is 5.36. The Bertz CT molecular complexity index is 433. The van der Waals surface area contributed by atoms with Gasteiger partial charge in [-0.05, 0) is 36.0 Å². The zero-order valence-electron chi connectivity index (χ0n) is 11.9. The van der Waals surface area contributed by atoms with Crippen molar-refractivity contribution >= 4 is 11.7 Å². The lowest BCUT2D eigenvalue weighted by molar-refractivity contribution is 0.0698. The summed E-state index contributed by atoms with van der Waals surface area (Å²) in [6.07, 6.45) is 0. The molecule has 3 heteroatoms. The molecule has 1 rings (SSSR count). The summed E-state index contributed by atoms with van der Waals surface area (Å²) in [7, 11) is 0. The number of carboxylic acids is 1. The van der Waals surface area contributed by atoms with Crippen molar-refractivity contribution in [3.05, 3.63) is 29.3 Å². The molecule has 0 spiro atoms. The van der Waals surface area contributed by atoms with Crippen LogP contribution in [0.1, 0.15) is 43.6 Å². The van der Waals surface area contributed by atoms with Gasteiger partial charge in [0.15, 0.2) is 0 Å². The van der Waals surface area contributed by atoms with Crippen LogP contribution >= 0.6 is 0 Å². The first-order chi connectivity index (χ1) is 8.21. The molecule has 2 N–H and O–H groups in total. The summed E-state index contributed by atoms with van der Waals surface area (Å²) in [6.45, 7) is 11.5. The lowest BCUT2D eigenvalue weighted by Crippen LogP contribution is -2.25. The molecule has 3 nitrogen and oxygen atoms in total. The predicted molar refractivity (Wildman–Crippen MR) is 75.2 cm³/mol. The Morgan fingerprint density at radius 2 is 2.00 bits per heavy atom. The van der Waals surface area contributed by atoms with E-state index in [1.54, 1.807) is 6.07 Å². The van der Waals surface area contributed by atoms with Crippen LogP contribution in [0.5, 0.6) is 0 Å². The Hall–Kier alpha value is -1.51. The molecule has 1 unspecified atom stereocenters. The number of anilines is 1. The minimum atomic E-state index is -0.888. The smallest absolute Gasteiger partial charge is 0.337 e. The average molecular weight is 249 g/mol. The third-order valence-corrected chi connectivity index (χ3v) is 3.48. The molecule has 0 saturated heterocycles. The van der Waals surface area contributed by atoms with Crippen LogP contribution in [-0.2, 0) is 0 Å². The van der Waals surface area contributed by atoms with E-state index in [9.17, 15) is 4.79 Å². The number of carboxylic acid groups (broad SMARTS) is 1. The van der Waals surface area contributed by atoms with Gasteiger partial charge < -0.3 is 10.4 Å². The van der Waals surface area contributed by atoms with Crippen LogP contribution in [0.4, 0.5) is 5.69 Å². The summed E-state index contributed by atoms with van der Waals surface area (Å²) < 4.78 is 0. The minimum Gasteiger partial charge on any atom is -0.478 e. The van der Waals surface area contributed by atoms with Gasteiger partial charge in [-0.1, -0.05) is 33.8 Å². The van der Waals surface area contributed by atoms with E-state index in [2.05, 4.69) is 33.0 Å². The fraction of sp³-hybridized carbons (Fsp3) is 0.533. The zero-order valence-corrected chi connectivity index (χ0v) is 11.9. The van der Waals surface area contributed by atoms with E-state index in [1.165, 1.54) is 0 Å². The van der Waals surface area contributed by atoms with Gasteiger partial charge in [0.25, 0.3) is 0 Å². The van der Waals surface area contributed by atoms with Gasteiger partial charge in [0.1, 0.15) is 0 Å². The average Bonchev–Trinajstić information content (AvgIpc) is 2.24. The van der Waals surface area contributed by atoms with Crippen LogP contribution < -0.4 is 5.32 Å². The molecule has 0 fully saturated rings. The Morgan fingerprint density at radius 3 is 2.50 bits per heavy atom. The summed E-state index contributed by atoms with van der Waals surface area (Å²) in [4.78, 5) is 11.1. The Kier molecular flexibility index (Phi) is 4.38. The highest BCUT2D eigenvalue weighted by Crippen LogP contribution is 2.26. The van der Waals surface area contributed by atoms with Crippen molar-refractivity contribution in [2.75, 3.05) is 11.9 Å². The second-order valence-corrected chi connectivity index (χ2v) is 6.00. The molecule has 0 aromatic heterocycles. The van der Waals surface area contributed by atoms with Gasteiger partial charge >= 0.3 is 5.97 Å². The molecule has 0 amide bonds. The fourth-order valence-corrected chi connectivity index (χ4v) is 1.56. The standard InChI is InChI=1S/C15H23NO2/c1-10-6-7-12(14(17)18)13(8-10)16-9-11(2)15(3,4)5/h6-8,11,16H,9H2,1-5H3,(H,17,18). The van der Waals surface area contributed by atoms with Crippen molar-refractivity contribution in [3.63, 3.8) is 0 Å². The number of nitrogens with one attached hydrogen (secondary N) is 1. The molecular weight excluding hydrogens is 226 g/mol. The van der Waals surface area contributed by atoms with E-state index in [1.807, 2.05) is 19.1 Å². The highest BCUT2D eigenvalue weighted by atomic mass is 16.4. The number of hydrogen-bond donors (Lipinski definition) is 2. The molecule has 0 bridgehead atoms. The molecule has 0 saturated carbocycles. The predicted octanol–water partition coefficient (Wildman–Crippen LogP) is 3.79. The van der Waals surface area contributed by atoms with E-state index in [-0.39, 0.29) is 5.41 Å². The van der Waals surface area contributed by atoms with Crippen molar-refractivity contribution in [3.8, 4) is 0 Å². The third kappa shape index (κ3) is 3.76. The van der Waals surface area contributed by atoms with Crippen LogP contribution in [0.3, 0.4) is 0 Å². The van der Waals surface area contributed by atoms with Gasteiger partial charge in [-0.25, -0.2) is 4.79 Å². The highest BCUT2D eigenvalue weighted by Gasteiger charge is 2.20. The summed E-state index contributed by atoms with van der Waals surface area (Å²) in [5.74, 6) is -0.430. The van der Waals surface area contributed by atoms with Gasteiger partial charge in [-0.15, -0.1) is 0 Å². The van der Waals surface area contributed by atoms with E-state index < -0.39 is 5.97 Å². The van der Waals surface area contributed by atoms with Crippen LogP contribution in [0, 0.1) is 18.3 Å². The fourth-order valence-electron chi connectivity index (χ4n) is 1.56. The second kappa shape index (κ2) is 5.42. The van der Waals surface area contributed by atoms with Crippen molar-refractivity contribution in [1.29, 1.82) is 0 Å². The first-order valence-corrected chi connectivity index (χ1v) is 6.29. The molecule has 1 atom stereocenters. The number of benzene rings is 1. The van der Waals surface area contributed by atoms with Crippen molar-refractivity contribution in [1.82, 2.24) is 0 Å². The van der Waals surface area contributed by atoms with Crippen molar-refractivity contribution < 1.29 is 9.90 Å². The van der Waals surface area contributed by atoms with Crippen molar-refractivity contribution in [2.45, 2.75) is 34.6 Å². The maximum atomic E-state index is 11.1. The number of rotatable bonds is 4. The number of carbonyl (C=O) groups is 1. The highest BCUT2D eigenvalue weighted by molar-refractivity contribution is 5.94. The van der Waals surface area contributed by atoms with E-state index in [0.717, 1.165) is 12.1 Å². The molecule has 18 heavy (non-hydrogen) atoms. The van der Waals surface area contributed by atoms with Gasteiger partial charge in [-0.3, -0.25) is 0 Å². The molecule has 0 aliphatic heterocycles. The third-order valence-electron chi connectivity index (χ3n) is 3.48. The van der Waals surface area contributed by atoms with Gasteiger partial charge in [0.05, 0.1) is 5.56 Å². The lowest BCUT2D eigenvalue weighted by Gasteiger charge is -2.28. The van der Waals surface area contributed by atoms with E-state index >= 15 is 0 Å². The Labute approximate surface area is 109 Å². The Balaban J connectivity index is 2.84. The SMILES string of the molecule is Cc1ccc(C(=O)O)c(NCC(C)C(C)(C)C)c1. The molecule has 100 valence electrons. The van der Waals surface area contributed by atoms with Gasteiger partial charge in [0, 0.05) is 12.2 Å². The van der Waals surface area contributed by atoms with Crippen LogP contribution in [0.15, 0.2) is 18.2 Å². The monoisotopic (exact) mass is 249 g/mol.